The van der Waals surface area contributed by atoms with Crippen LogP contribution < -0.4 is 20.2 Å². The molecule has 0 saturated carbocycles. The number of rotatable bonds is 8. The summed E-state index contributed by atoms with van der Waals surface area (Å²) in [6.45, 7) is 4.35. The standard InChI is InChI=1S/C25H22BrCl2N3O4/c1-3-34-22-11-16(10-19(26)23(22)35-14-17-6-4-5-7-20(17)27)13-29-31-25(33)24(32)30-18-9-8-15(2)21(28)12-18/h4-13H,3,14H2,1-2H3,(H,30,32)(H,31,33). The molecule has 0 aliphatic carbocycles. The minimum absolute atomic E-state index is 0.253. The summed E-state index contributed by atoms with van der Waals surface area (Å²) < 4.78 is 12.3. The maximum Gasteiger partial charge on any atom is 0.329 e. The lowest BCUT2D eigenvalue weighted by atomic mass is 10.2. The Kier molecular flexibility index (Phi) is 9.54. The van der Waals surface area contributed by atoms with Crippen molar-refractivity contribution in [1.82, 2.24) is 5.43 Å². The number of nitrogens with zero attached hydrogens (tertiary/aromatic N) is 1. The summed E-state index contributed by atoms with van der Waals surface area (Å²) in [5.41, 5.74) is 4.91. The van der Waals surface area contributed by atoms with Crippen molar-refractivity contribution in [3.63, 3.8) is 0 Å². The average Bonchev–Trinajstić information content (AvgIpc) is 2.82. The molecule has 10 heteroatoms. The van der Waals surface area contributed by atoms with Gasteiger partial charge in [-0.3, -0.25) is 9.59 Å². The molecule has 3 rings (SSSR count). The van der Waals surface area contributed by atoms with Crippen LogP contribution in [0.3, 0.4) is 0 Å². The van der Waals surface area contributed by atoms with Crippen LogP contribution in [0.2, 0.25) is 10.0 Å². The van der Waals surface area contributed by atoms with E-state index in [-0.39, 0.29) is 6.61 Å². The van der Waals surface area contributed by atoms with Gasteiger partial charge in [-0.25, -0.2) is 5.43 Å². The lowest BCUT2D eigenvalue weighted by Crippen LogP contribution is -2.32. The van der Waals surface area contributed by atoms with Crippen molar-refractivity contribution in [3.05, 3.63) is 85.8 Å². The molecular weight excluding hydrogens is 557 g/mol. The van der Waals surface area contributed by atoms with Crippen molar-refractivity contribution in [2.24, 2.45) is 5.10 Å². The highest BCUT2D eigenvalue weighted by Crippen LogP contribution is 2.37. The van der Waals surface area contributed by atoms with Gasteiger partial charge in [0.1, 0.15) is 6.61 Å². The molecule has 0 atom stereocenters. The van der Waals surface area contributed by atoms with E-state index in [0.29, 0.717) is 43.9 Å². The molecule has 0 unspecified atom stereocenters. The number of benzene rings is 3. The van der Waals surface area contributed by atoms with Crippen LogP contribution in [0.25, 0.3) is 0 Å². The molecule has 0 aromatic heterocycles. The molecule has 2 N–H and O–H groups in total. The first kappa shape index (κ1) is 26.5. The monoisotopic (exact) mass is 577 g/mol. The third-order valence-corrected chi connectivity index (χ3v) is 6.04. The number of nitrogens with one attached hydrogen (secondary N) is 2. The first-order valence-corrected chi connectivity index (χ1v) is 12.1. The van der Waals surface area contributed by atoms with E-state index < -0.39 is 11.8 Å². The van der Waals surface area contributed by atoms with Crippen molar-refractivity contribution >= 4 is 62.8 Å². The minimum Gasteiger partial charge on any atom is -0.490 e. The number of ether oxygens (including phenoxy) is 2. The Hall–Kier alpha value is -3.07. The molecule has 35 heavy (non-hydrogen) atoms. The highest BCUT2D eigenvalue weighted by atomic mass is 79.9. The summed E-state index contributed by atoms with van der Waals surface area (Å²) in [6, 6.07) is 15.8. The SMILES string of the molecule is CCOc1cc(C=NNC(=O)C(=O)Nc2ccc(C)c(Cl)c2)cc(Br)c1OCc1ccccc1Cl. The molecular formula is C25H22BrCl2N3O4. The zero-order chi connectivity index (χ0) is 25.4. The molecule has 0 spiro atoms. The van der Waals surface area contributed by atoms with E-state index in [1.54, 1.807) is 36.4 Å². The highest BCUT2D eigenvalue weighted by molar-refractivity contribution is 9.10. The van der Waals surface area contributed by atoms with Crippen molar-refractivity contribution < 1.29 is 19.1 Å². The maximum atomic E-state index is 12.1. The van der Waals surface area contributed by atoms with E-state index >= 15 is 0 Å². The van der Waals surface area contributed by atoms with Crippen LogP contribution in [-0.2, 0) is 16.2 Å². The van der Waals surface area contributed by atoms with E-state index in [9.17, 15) is 9.59 Å². The topological polar surface area (TPSA) is 89.0 Å². The summed E-state index contributed by atoms with van der Waals surface area (Å²) in [5, 5.41) is 7.43. The number of anilines is 1. The Morgan fingerprint density at radius 3 is 2.51 bits per heavy atom. The molecule has 0 fully saturated rings. The molecule has 0 aliphatic heterocycles. The fraction of sp³-hybridized carbons (Fsp3) is 0.160. The Morgan fingerprint density at radius 2 is 1.80 bits per heavy atom. The van der Waals surface area contributed by atoms with Gasteiger partial charge in [0.05, 0.1) is 17.3 Å². The molecule has 2 amide bonds. The van der Waals surface area contributed by atoms with Gasteiger partial charge in [-0.15, -0.1) is 0 Å². The van der Waals surface area contributed by atoms with Gasteiger partial charge in [-0.1, -0.05) is 47.5 Å². The quantitative estimate of drug-likeness (QED) is 0.191. The molecule has 3 aromatic rings. The predicted molar refractivity (Wildman–Crippen MR) is 142 cm³/mol. The molecule has 0 bridgehead atoms. The van der Waals surface area contributed by atoms with Gasteiger partial charge in [0, 0.05) is 21.3 Å². The Morgan fingerprint density at radius 1 is 1.03 bits per heavy atom. The number of hydrazone groups is 1. The maximum absolute atomic E-state index is 12.1. The van der Waals surface area contributed by atoms with Crippen LogP contribution >= 0.6 is 39.1 Å². The van der Waals surface area contributed by atoms with Crippen LogP contribution in [0.5, 0.6) is 11.5 Å². The fourth-order valence-electron chi connectivity index (χ4n) is 2.91. The van der Waals surface area contributed by atoms with Gasteiger partial charge in [0.25, 0.3) is 0 Å². The van der Waals surface area contributed by atoms with Crippen LogP contribution in [-0.4, -0.2) is 24.6 Å². The van der Waals surface area contributed by atoms with Gasteiger partial charge in [0.15, 0.2) is 11.5 Å². The summed E-state index contributed by atoms with van der Waals surface area (Å²) in [6.07, 6.45) is 1.39. The fourth-order valence-corrected chi connectivity index (χ4v) is 3.85. The number of hydrogen-bond acceptors (Lipinski definition) is 5. The Balaban J connectivity index is 1.66. The smallest absolute Gasteiger partial charge is 0.329 e. The highest BCUT2D eigenvalue weighted by Gasteiger charge is 2.15. The Labute approximate surface area is 221 Å². The molecule has 0 aliphatic rings. The summed E-state index contributed by atoms with van der Waals surface area (Å²) in [5.74, 6) is -0.817. The second-order valence-electron chi connectivity index (χ2n) is 7.26. The number of aryl methyl sites for hydroxylation is 1. The zero-order valence-electron chi connectivity index (χ0n) is 18.9. The van der Waals surface area contributed by atoms with Gasteiger partial charge in [-0.2, -0.15) is 5.10 Å². The summed E-state index contributed by atoms with van der Waals surface area (Å²) in [7, 11) is 0. The van der Waals surface area contributed by atoms with Gasteiger partial charge in [-0.05, 0) is 71.2 Å². The van der Waals surface area contributed by atoms with E-state index in [2.05, 4.69) is 31.8 Å². The largest absolute Gasteiger partial charge is 0.490 e. The predicted octanol–water partition coefficient (Wildman–Crippen LogP) is 6.13. The van der Waals surface area contributed by atoms with Crippen LogP contribution in [0, 0.1) is 6.92 Å². The molecule has 0 radical (unpaired) electrons. The number of amides is 2. The molecule has 3 aromatic carbocycles. The lowest BCUT2D eigenvalue weighted by molar-refractivity contribution is -0.136. The molecule has 0 heterocycles. The molecule has 0 saturated heterocycles. The number of halogens is 3. The minimum atomic E-state index is -0.929. The van der Waals surface area contributed by atoms with Crippen LogP contribution in [0.4, 0.5) is 5.69 Å². The first-order valence-electron chi connectivity index (χ1n) is 10.5. The van der Waals surface area contributed by atoms with Crippen molar-refractivity contribution in [3.8, 4) is 11.5 Å². The summed E-state index contributed by atoms with van der Waals surface area (Å²) in [4.78, 5) is 24.2. The zero-order valence-corrected chi connectivity index (χ0v) is 22.0. The average molecular weight is 579 g/mol. The van der Waals surface area contributed by atoms with Gasteiger partial charge in [0.2, 0.25) is 0 Å². The first-order chi connectivity index (χ1) is 16.8. The van der Waals surface area contributed by atoms with Gasteiger partial charge >= 0.3 is 11.8 Å². The van der Waals surface area contributed by atoms with Crippen LogP contribution in [0.15, 0.2) is 64.2 Å². The van der Waals surface area contributed by atoms with E-state index in [1.807, 2.05) is 32.0 Å². The second-order valence-corrected chi connectivity index (χ2v) is 8.93. The van der Waals surface area contributed by atoms with Crippen molar-refractivity contribution in [2.75, 3.05) is 11.9 Å². The normalized spacial score (nSPS) is 10.8. The third kappa shape index (κ3) is 7.45. The third-order valence-electron chi connectivity index (χ3n) is 4.68. The number of carbonyl (C=O) groups excluding carboxylic acids is 2. The second kappa shape index (κ2) is 12.6. The molecule has 7 nitrogen and oxygen atoms in total. The van der Waals surface area contributed by atoms with E-state index in [0.717, 1.165) is 11.1 Å². The van der Waals surface area contributed by atoms with Crippen molar-refractivity contribution in [2.45, 2.75) is 20.5 Å². The van der Waals surface area contributed by atoms with E-state index in [4.69, 9.17) is 32.7 Å². The Bertz CT molecular complexity index is 1270. The van der Waals surface area contributed by atoms with Crippen molar-refractivity contribution in [1.29, 1.82) is 0 Å². The lowest BCUT2D eigenvalue weighted by Gasteiger charge is -2.15. The van der Waals surface area contributed by atoms with E-state index in [1.165, 1.54) is 6.21 Å². The summed E-state index contributed by atoms with van der Waals surface area (Å²) >= 11 is 15.7. The van der Waals surface area contributed by atoms with Crippen LogP contribution in [0.1, 0.15) is 23.6 Å². The number of hydrogen-bond donors (Lipinski definition) is 2. The van der Waals surface area contributed by atoms with Gasteiger partial charge < -0.3 is 14.8 Å². The molecule has 182 valence electrons. The number of carbonyl (C=O) groups is 2.